The van der Waals surface area contributed by atoms with Gasteiger partial charge in [-0.25, -0.2) is 0 Å². The predicted octanol–water partition coefficient (Wildman–Crippen LogP) is 2.26. The zero-order valence-electron chi connectivity index (χ0n) is 7.05. The van der Waals surface area contributed by atoms with Crippen molar-refractivity contribution in [1.82, 2.24) is 0 Å². The summed E-state index contributed by atoms with van der Waals surface area (Å²) in [5.41, 5.74) is 0. The van der Waals surface area contributed by atoms with E-state index in [4.69, 9.17) is 0 Å². The second-order valence-electron chi connectivity index (χ2n) is 3.81. The third kappa shape index (κ3) is 1.39. The minimum absolute atomic E-state index is 0.340. The Morgan fingerprint density at radius 2 is 2.10 bits per heavy atom. The van der Waals surface area contributed by atoms with Crippen LogP contribution in [0.15, 0.2) is 0 Å². The molecule has 58 valence electrons. The molecule has 1 fully saturated rings. The molecule has 0 spiro atoms. The minimum Gasteiger partial charge on any atom is -0.299 e. The van der Waals surface area contributed by atoms with Crippen LogP contribution in [-0.2, 0) is 4.79 Å². The van der Waals surface area contributed by atoms with Gasteiger partial charge in [-0.15, -0.1) is 0 Å². The van der Waals surface area contributed by atoms with Crippen molar-refractivity contribution in [2.75, 3.05) is 0 Å². The van der Waals surface area contributed by atoms with Gasteiger partial charge in [0.15, 0.2) is 0 Å². The summed E-state index contributed by atoms with van der Waals surface area (Å²) in [6, 6.07) is 0. The number of carbonyl (C=O) groups excluding carboxylic acids is 1. The maximum absolute atomic E-state index is 11.1. The Kier molecular flexibility index (Phi) is 2.12. The van der Waals surface area contributed by atoms with E-state index >= 15 is 0 Å². The fraction of sp³-hybridized carbons (Fsp3) is 0.889. The standard InChI is InChI=1S/C9H16O/c1-6(2)8-4-7(3)9(10)5-8/h6-8H,4-5H2,1-3H3. The molecular weight excluding hydrogens is 124 g/mol. The highest BCUT2D eigenvalue weighted by molar-refractivity contribution is 5.82. The highest BCUT2D eigenvalue weighted by Gasteiger charge is 2.30. The van der Waals surface area contributed by atoms with Gasteiger partial charge in [-0.3, -0.25) is 4.79 Å². The molecule has 2 unspecified atom stereocenters. The van der Waals surface area contributed by atoms with Crippen molar-refractivity contribution in [1.29, 1.82) is 0 Å². The Morgan fingerprint density at radius 1 is 1.50 bits per heavy atom. The van der Waals surface area contributed by atoms with Crippen LogP contribution in [0.5, 0.6) is 0 Å². The van der Waals surface area contributed by atoms with Gasteiger partial charge in [0.1, 0.15) is 5.78 Å². The van der Waals surface area contributed by atoms with Gasteiger partial charge in [-0.05, 0) is 18.3 Å². The molecule has 1 aliphatic carbocycles. The molecule has 0 aliphatic heterocycles. The topological polar surface area (TPSA) is 17.1 Å². The van der Waals surface area contributed by atoms with Crippen molar-refractivity contribution in [2.45, 2.75) is 33.6 Å². The van der Waals surface area contributed by atoms with Crippen LogP contribution >= 0.6 is 0 Å². The average molecular weight is 140 g/mol. The fourth-order valence-corrected chi connectivity index (χ4v) is 1.64. The third-order valence-electron chi connectivity index (χ3n) is 2.61. The maximum atomic E-state index is 11.1. The molecule has 0 aromatic carbocycles. The number of ketones is 1. The van der Waals surface area contributed by atoms with Gasteiger partial charge in [0.05, 0.1) is 0 Å². The lowest BCUT2D eigenvalue weighted by Crippen LogP contribution is -2.03. The van der Waals surface area contributed by atoms with Gasteiger partial charge in [-0.1, -0.05) is 20.8 Å². The van der Waals surface area contributed by atoms with Crippen LogP contribution in [-0.4, -0.2) is 5.78 Å². The fourth-order valence-electron chi connectivity index (χ4n) is 1.64. The molecule has 0 heterocycles. The minimum atomic E-state index is 0.340. The zero-order chi connectivity index (χ0) is 7.72. The zero-order valence-corrected chi connectivity index (χ0v) is 7.05. The lowest BCUT2D eigenvalue weighted by molar-refractivity contribution is -0.120. The molecule has 1 nitrogen and oxygen atoms in total. The molecule has 2 atom stereocenters. The lowest BCUT2D eigenvalue weighted by atomic mass is 9.94. The van der Waals surface area contributed by atoms with Crippen molar-refractivity contribution in [3.8, 4) is 0 Å². The lowest BCUT2D eigenvalue weighted by Gasteiger charge is -2.11. The quantitative estimate of drug-likeness (QED) is 0.546. The molecule has 0 bridgehead atoms. The van der Waals surface area contributed by atoms with Crippen molar-refractivity contribution < 1.29 is 4.79 Å². The van der Waals surface area contributed by atoms with Gasteiger partial charge < -0.3 is 0 Å². The van der Waals surface area contributed by atoms with E-state index in [1.807, 2.05) is 6.92 Å². The first-order valence-electron chi connectivity index (χ1n) is 4.14. The average Bonchev–Trinajstić information content (AvgIpc) is 2.13. The number of rotatable bonds is 1. The number of hydrogen-bond acceptors (Lipinski definition) is 1. The number of Topliss-reactive ketones (excluding diaryl/α,β-unsaturated/α-hetero) is 1. The molecule has 10 heavy (non-hydrogen) atoms. The normalized spacial score (nSPS) is 33.8. The predicted molar refractivity (Wildman–Crippen MR) is 41.7 cm³/mol. The Morgan fingerprint density at radius 3 is 2.30 bits per heavy atom. The summed E-state index contributed by atoms with van der Waals surface area (Å²) in [5.74, 6) is 2.17. The van der Waals surface area contributed by atoms with Gasteiger partial charge in [0.2, 0.25) is 0 Å². The molecule has 1 aliphatic rings. The third-order valence-corrected chi connectivity index (χ3v) is 2.61. The van der Waals surface area contributed by atoms with Crippen LogP contribution in [0, 0.1) is 17.8 Å². The molecular formula is C9H16O. The Labute approximate surface area is 62.8 Å². The largest absolute Gasteiger partial charge is 0.299 e. The first-order chi connectivity index (χ1) is 4.61. The smallest absolute Gasteiger partial charge is 0.135 e. The number of hydrogen-bond donors (Lipinski definition) is 0. The molecule has 0 amide bonds. The molecule has 1 saturated carbocycles. The van der Waals surface area contributed by atoms with E-state index in [1.165, 1.54) is 0 Å². The van der Waals surface area contributed by atoms with Gasteiger partial charge in [-0.2, -0.15) is 0 Å². The van der Waals surface area contributed by atoms with E-state index in [9.17, 15) is 4.79 Å². The molecule has 1 rings (SSSR count). The van der Waals surface area contributed by atoms with Crippen molar-refractivity contribution in [2.24, 2.45) is 17.8 Å². The first-order valence-corrected chi connectivity index (χ1v) is 4.14. The van der Waals surface area contributed by atoms with E-state index in [2.05, 4.69) is 13.8 Å². The molecule has 0 saturated heterocycles. The van der Waals surface area contributed by atoms with Gasteiger partial charge in [0.25, 0.3) is 0 Å². The van der Waals surface area contributed by atoms with E-state index in [0.717, 1.165) is 12.8 Å². The summed E-state index contributed by atoms with van der Waals surface area (Å²) in [6.07, 6.45) is 1.95. The van der Waals surface area contributed by atoms with Crippen molar-refractivity contribution in [3.63, 3.8) is 0 Å². The summed E-state index contributed by atoms with van der Waals surface area (Å²) in [6.45, 7) is 6.46. The van der Waals surface area contributed by atoms with Crippen molar-refractivity contribution in [3.05, 3.63) is 0 Å². The van der Waals surface area contributed by atoms with Crippen LogP contribution in [0.1, 0.15) is 33.6 Å². The van der Waals surface area contributed by atoms with E-state index in [0.29, 0.717) is 23.5 Å². The number of carbonyl (C=O) groups is 1. The van der Waals surface area contributed by atoms with Crippen LogP contribution in [0.4, 0.5) is 0 Å². The molecule has 0 aromatic heterocycles. The summed E-state index contributed by atoms with van der Waals surface area (Å²) >= 11 is 0. The summed E-state index contributed by atoms with van der Waals surface area (Å²) in [5, 5.41) is 0. The molecule has 0 radical (unpaired) electrons. The highest BCUT2D eigenvalue weighted by Crippen LogP contribution is 2.32. The van der Waals surface area contributed by atoms with E-state index in [1.54, 1.807) is 0 Å². The molecule has 1 heteroatoms. The highest BCUT2D eigenvalue weighted by atomic mass is 16.1. The Bertz CT molecular complexity index is 138. The molecule has 0 aromatic rings. The van der Waals surface area contributed by atoms with Crippen LogP contribution < -0.4 is 0 Å². The SMILES string of the molecule is CC1CC(C(C)C)CC1=O. The Hall–Kier alpha value is -0.330. The maximum Gasteiger partial charge on any atom is 0.135 e. The Balaban J connectivity index is 2.49. The monoisotopic (exact) mass is 140 g/mol. The second-order valence-corrected chi connectivity index (χ2v) is 3.81. The van der Waals surface area contributed by atoms with Gasteiger partial charge in [0, 0.05) is 12.3 Å². The summed E-state index contributed by atoms with van der Waals surface area (Å²) in [7, 11) is 0. The van der Waals surface area contributed by atoms with E-state index < -0.39 is 0 Å². The molecule has 0 N–H and O–H groups in total. The van der Waals surface area contributed by atoms with Crippen LogP contribution in [0.2, 0.25) is 0 Å². The van der Waals surface area contributed by atoms with Crippen LogP contribution in [0.3, 0.4) is 0 Å². The summed E-state index contributed by atoms with van der Waals surface area (Å²) in [4.78, 5) is 11.1. The first kappa shape index (κ1) is 7.77. The van der Waals surface area contributed by atoms with Gasteiger partial charge >= 0.3 is 0 Å². The van der Waals surface area contributed by atoms with Crippen LogP contribution in [0.25, 0.3) is 0 Å². The van der Waals surface area contributed by atoms with E-state index in [-0.39, 0.29) is 0 Å². The second kappa shape index (κ2) is 2.73. The summed E-state index contributed by atoms with van der Waals surface area (Å²) < 4.78 is 0. The van der Waals surface area contributed by atoms with Crippen molar-refractivity contribution >= 4 is 5.78 Å².